The molecule has 0 unspecified atom stereocenters. The molecule has 2 aromatic rings. The second-order valence-electron chi connectivity index (χ2n) is 7.41. The maximum Gasteiger partial charge on any atom is 0.340 e. The average molecular weight is 506 g/mol. The van der Waals surface area contributed by atoms with Gasteiger partial charge in [0, 0.05) is 24.5 Å². The number of hydrogen-bond acceptors (Lipinski definition) is 7. The largest absolute Gasteiger partial charge is 0.462 e. The van der Waals surface area contributed by atoms with Crippen LogP contribution in [0, 0.1) is 0 Å². The third-order valence-corrected chi connectivity index (χ3v) is 7.94. The molecule has 0 saturated carbocycles. The van der Waals surface area contributed by atoms with E-state index in [9.17, 15) is 22.8 Å². The zero-order valence-corrected chi connectivity index (χ0v) is 20.4. The van der Waals surface area contributed by atoms with E-state index in [2.05, 4.69) is 5.32 Å². The molecule has 1 aliphatic heterocycles. The normalized spacial score (nSPS) is 13.6. The molecule has 2 aromatic carbocycles. The van der Waals surface area contributed by atoms with Crippen molar-refractivity contribution in [2.75, 3.05) is 42.3 Å². The maximum atomic E-state index is 12.8. The summed E-state index contributed by atoms with van der Waals surface area (Å²) >= 11 is 1.22. The van der Waals surface area contributed by atoms with Crippen LogP contribution in [0.4, 0.5) is 10.5 Å². The second kappa shape index (κ2) is 11.9. The zero-order valence-electron chi connectivity index (χ0n) is 18.8. The molecule has 0 aromatic heterocycles. The first kappa shape index (κ1) is 25.6. The van der Waals surface area contributed by atoms with Gasteiger partial charge in [-0.2, -0.15) is 11.8 Å². The Morgan fingerprint density at radius 2 is 1.76 bits per heavy atom. The van der Waals surface area contributed by atoms with Crippen molar-refractivity contribution in [2.24, 2.45) is 0 Å². The molecule has 0 aliphatic carbocycles. The van der Waals surface area contributed by atoms with Crippen LogP contribution in [0.25, 0.3) is 0 Å². The Balaban J connectivity index is 1.51. The Morgan fingerprint density at radius 3 is 2.50 bits per heavy atom. The van der Waals surface area contributed by atoms with Crippen molar-refractivity contribution in [1.82, 2.24) is 10.0 Å². The Morgan fingerprint density at radius 1 is 1.03 bits per heavy atom. The fourth-order valence-corrected chi connectivity index (χ4v) is 5.98. The quantitative estimate of drug-likeness (QED) is 0.412. The molecule has 0 atom stereocenters. The van der Waals surface area contributed by atoms with Crippen LogP contribution >= 0.6 is 11.8 Å². The van der Waals surface area contributed by atoms with Crippen molar-refractivity contribution in [3.05, 3.63) is 60.2 Å². The highest BCUT2D eigenvalue weighted by atomic mass is 32.2. The van der Waals surface area contributed by atoms with E-state index in [1.807, 2.05) is 0 Å². The van der Waals surface area contributed by atoms with Crippen molar-refractivity contribution in [1.29, 1.82) is 0 Å². The molecule has 0 radical (unpaired) electrons. The summed E-state index contributed by atoms with van der Waals surface area (Å²) in [5.74, 6) is -0.496. The molecular weight excluding hydrogens is 478 g/mol. The van der Waals surface area contributed by atoms with Crippen LogP contribution in [-0.4, -0.2) is 73.3 Å². The van der Waals surface area contributed by atoms with Gasteiger partial charge in [-0.1, -0.05) is 24.3 Å². The fourth-order valence-electron chi connectivity index (χ4n) is 3.36. The van der Waals surface area contributed by atoms with E-state index >= 15 is 0 Å². The SMILES string of the molecule is CCOC(=O)c1cccc(NC(=O)N2CCCN2C(=O)CSCCS(=O)(=O)c2ccccc2)c1. The van der Waals surface area contributed by atoms with E-state index in [0.29, 0.717) is 30.8 Å². The van der Waals surface area contributed by atoms with Gasteiger partial charge >= 0.3 is 12.0 Å². The second-order valence-corrected chi connectivity index (χ2v) is 10.6. The summed E-state index contributed by atoms with van der Waals surface area (Å²) in [5, 5.41) is 5.42. The Kier molecular flexibility index (Phi) is 8.94. The van der Waals surface area contributed by atoms with E-state index < -0.39 is 21.8 Å². The van der Waals surface area contributed by atoms with Gasteiger partial charge in [0.15, 0.2) is 9.84 Å². The predicted molar refractivity (Wildman–Crippen MR) is 130 cm³/mol. The number of nitrogens with zero attached hydrogens (tertiary/aromatic N) is 2. The lowest BCUT2D eigenvalue weighted by Crippen LogP contribution is -2.47. The highest BCUT2D eigenvalue weighted by Gasteiger charge is 2.30. The van der Waals surface area contributed by atoms with Crippen LogP contribution in [0.1, 0.15) is 23.7 Å². The molecular formula is C23H27N3O6S2. The molecule has 1 N–H and O–H groups in total. The number of benzene rings is 2. The minimum Gasteiger partial charge on any atom is -0.462 e. The number of hydrogen-bond donors (Lipinski definition) is 1. The number of thioether (sulfide) groups is 1. The number of nitrogens with one attached hydrogen (secondary N) is 1. The van der Waals surface area contributed by atoms with Gasteiger partial charge in [-0.15, -0.1) is 0 Å². The summed E-state index contributed by atoms with van der Waals surface area (Å²) in [4.78, 5) is 37.6. The highest BCUT2D eigenvalue weighted by Crippen LogP contribution is 2.18. The van der Waals surface area contributed by atoms with Crippen LogP contribution in [0.3, 0.4) is 0 Å². The van der Waals surface area contributed by atoms with Crippen molar-refractivity contribution in [3.8, 4) is 0 Å². The topological polar surface area (TPSA) is 113 Å². The molecule has 1 heterocycles. The highest BCUT2D eigenvalue weighted by molar-refractivity contribution is 8.01. The van der Waals surface area contributed by atoms with Gasteiger partial charge in [0.25, 0.3) is 5.91 Å². The first-order valence-corrected chi connectivity index (χ1v) is 13.6. The number of urea groups is 1. The summed E-state index contributed by atoms with van der Waals surface area (Å²) in [6, 6.07) is 14.1. The monoisotopic (exact) mass is 505 g/mol. The Bertz CT molecular complexity index is 1120. The van der Waals surface area contributed by atoms with Crippen molar-refractivity contribution >= 4 is 45.2 Å². The summed E-state index contributed by atoms with van der Waals surface area (Å²) < 4.78 is 29.7. The molecule has 182 valence electrons. The van der Waals surface area contributed by atoms with Gasteiger partial charge in [-0.25, -0.2) is 28.0 Å². The lowest BCUT2D eigenvalue weighted by atomic mass is 10.2. The Labute approximate surface area is 203 Å². The third kappa shape index (κ3) is 6.73. The minimum atomic E-state index is -3.40. The lowest BCUT2D eigenvalue weighted by Gasteiger charge is -2.28. The van der Waals surface area contributed by atoms with Gasteiger partial charge < -0.3 is 10.1 Å². The van der Waals surface area contributed by atoms with E-state index in [1.165, 1.54) is 27.8 Å². The first-order valence-electron chi connectivity index (χ1n) is 10.8. The molecule has 11 heteroatoms. The van der Waals surface area contributed by atoms with Crippen molar-refractivity contribution in [3.63, 3.8) is 0 Å². The van der Waals surface area contributed by atoms with Crippen LogP contribution < -0.4 is 5.32 Å². The number of ether oxygens (including phenoxy) is 1. The van der Waals surface area contributed by atoms with Gasteiger partial charge in [0.1, 0.15) is 0 Å². The van der Waals surface area contributed by atoms with Crippen LogP contribution in [0.15, 0.2) is 59.5 Å². The number of amides is 3. The first-order chi connectivity index (χ1) is 16.3. The van der Waals surface area contributed by atoms with E-state index in [-0.39, 0.29) is 34.7 Å². The molecule has 1 fully saturated rings. The van der Waals surface area contributed by atoms with Crippen molar-refractivity contribution < 1.29 is 27.5 Å². The Hall–Kier alpha value is -3.05. The number of carbonyl (C=O) groups excluding carboxylic acids is 3. The summed E-state index contributed by atoms with van der Waals surface area (Å²) in [6.45, 7) is 2.74. The summed E-state index contributed by atoms with van der Waals surface area (Å²) in [6.07, 6.45) is 0.634. The number of esters is 1. The molecule has 1 aliphatic rings. The summed E-state index contributed by atoms with van der Waals surface area (Å²) in [5.41, 5.74) is 0.728. The fraction of sp³-hybridized carbons (Fsp3) is 0.348. The smallest absolute Gasteiger partial charge is 0.340 e. The van der Waals surface area contributed by atoms with Crippen LogP contribution in [0.5, 0.6) is 0 Å². The van der Waals surface area contributed by atoms with E-state index in [0.717, 1.165) is 0 Å². The number of carbonyl (C=O) groups is 3. The third-order valence-electron chi connectivity index (χ3n) is 5.00. The molecule has 34 heavy (non-hydrogen) atoms. The molecule has 3 amide bonds. The van der Waals surface area contributed by atoms with Crippen molar-refractivity contribution in [2.45, 2.75) is 18.2 Å². The van der Waals surface area contributed by atoms with Gasteiger partial charge in [-0.05, 0) is 43.7 Å². The standard InChI is InChI=1S/C23H27N3O6S2/c1-2-32-22(28)18-8-6-9-19(16-18)24-23(29)26-13-7-12-25(26)21(27)17-33-14-15-34(30,31)20-10-4-3-5-11-20/h3-6,8-11,16H,2,7,12-15,17H2,1H3,(H,24,29). The molecule has 3 rings (SSSR count). The predicted octanol–water partition coefficient (Wildman–Crippen LogP) is 3.05. The minimum absolute atomic E-state index is 0.0619. The van der Waals surface area contributed by atoms with Gasteiger partial charge in [0.2, 0.25) is 0 Å². The molecule has 0 bridgehead atoms. The van der Waals surface area contributed by atoms with Gasteiger partial charge in [0.05, 0.1) is 28.6 Å². The molecule has 1 saturated heterocycles. The number of hydrazine groups is 1. The lowest BCUT2D eigenvalue weighted by molar-refractivity contribution is -0.136. The maximum absolute atomic E-state index is 12.8. The summed E-state index contributed by atoms with van der Waals surface area (Å²) in [7, 11) is -3.40. The molecule has 9 nitrogen and oxygen atoms in total. The molecule has 0 spiro atoms. The zero-order chi connectivity index (χ0) is 24.6. The number of anilines is 1. The van der Waals surface area contributed by atoms with Crippen LogP contribution in [-0.2, 0) is 19.4 Å². The van der Waals surface area contributed by atoms with Gasteiger partial charge in [-0.3, -0.25) is 4.79 Å². The number of sulfone groups is 1. The van der Waals surface area contributed by atoms with Crippen LogP contribution in [0.2, 0.25) is 0 Å². The average Bonchev–Trinajstić information content (AvgIpc) is 3.33. The van der Waals surface area contributed by atoms with E-state index in [4.69, 9.17) is 4.74 Å². The van der Waals surface area contributed by atoms with E-state index in [1.54, 1.807) is 55.5 Å². The number of rotatable bonds is 9.